The zero-order valence-corrected chi connectivity index (χ0v) is 9.23. The van der Waals surface area contributed by atoms with Gasteiger partial charge in [0.1, 0.15) is 0 Å². The molecule has 0 bridgehead atoms. The summed E-state index contributed by atoms with van der Waals surface area (Å²) in [6.07, 6.45) is 6.39. The van der Waals surface area contributed by atoms with Gasteiger partial charge in [0, 0.05) is 12.4 Å². The van der Waals surface area contributed by atoms with Gasteiger partial charge in [-0.05, 0) is 36.0 Å². The van der Waals surface area contributed by atoms with Gasteiger partial charge in [-0.1, -0.05) is 26.8 Å². The second kappa shape index (κ2) is 3.41. The summed E-state index contributed by atoms with van der Waals surface area (Å²) in [6, 6.07) is 0. The van der Waals surface area contributed by atoms with Crippen molar-refractivity contribution < 1.29 is 0 Å². The maximum Gasteiger partial charge on any atom is 0.00423 e. The van der Waals surface area contributed by atoms with E-state index in [1.165, 1.54) is 16.7 Å². The van der Waals surface area contributed by atoms with Crippen molar-refractivity contribution in [3.63, 3.8) is 0 Å². The zero-order chi connectivity index (χ0) is 10.1. The first-order valence-electron chi connectivity index (χ1n) is 4.73. The Balaban J connectivity index is 3.00. The molecule has 1 heteroatoms. The van der Waals surface area contributed by atoms with Crippen molar-refractivity contribution in [2.24, 2.45) is 5.41 Å². The van der Waals surface area contributed by atoms with E-state index in [0.29, 0.717) is 0 Å². The Morgan fingerprint density at radius 1 is 1.00 bits per heavy atom. The Kier molecular flexibility index (Phi) is 2.65. The highest BCUT2D eigenvalue weighted by molar-refractivity contribution is 5.39. The first-order valence-corrected chi connectivity index (χ1v) is 4.73. The fraction of sp³-hybridized carbons (Fsp3) is 0.500. The van der Waals surface area contributed by atoms with E-state index in [9.17, 15) is 0 Å². The maximum absolute atomic E-state index is 3.21. The van der Waals surface area contributed by atoms with E-state index in [0.717, 1.165) is 0 Å². The molecule has 1 nitrogen and oxygen atoms in total. The lowest BCUT2D eigenvalue weighted by Crippen LogP contribution is -2.09. The zero-order valence-electron chi connectivity index (χ0n) is 9.23. The molecule has 13 heavy (non-hydrogen) atoms. The summed E-state index contributed by atoms with van der Waals surface area (Å²) in [5.74, 6) is 0. The van der Waals surface area contributed by atoms with Gasteiger partial charge in [0.2, 0.25) is 0 Å². The minimum Gasteiger partial charge on any atom is -0.367 e. The van der Waals surface area contributed by atoms with Gasteiger partial charge in [-0.15, -0.1) is 0 Å². The molecule has 1 aliphatic heterocycles. The number of hydrogen-bond donors (Lipinski definition) is 1. The van der Waals surface area contributed by atoms with Crippen molar-refractivity contribution >= 4 is 0 Å². The summed E-state index contributed by atoms with van der Waals surface area (Å²) in [4.78, 5) is 0. The van der Waals surface area contributed by atoms with Crippen LogP contribution in [0.25, 0.3) is 0 Å². The monoisotopic (exact) mass is 177 g/mol. The van der Waals surface area contributed by atoms with Gasteiger partial charge < -0.3 is 5.32 Å². The standard InChI is InChI=1S/C12H19N/c1-9-6-11(12(3,4)5)8-13-7-10(9)2/h6-8,13H,1-5H3. The van der Waals surface area contributed by atoms with Crippen LogP contribution in [0.5, 0.6) is 0 Å². The molecule has 0 fully saturated rings. The van der Waals surface area contributed by atoms with Crippen LogP contribution in [0.15, 0.2) is 35.2 Å². The molecule has 1 rings (SSSR count). The van der Waals surface area contributed by atoms with Crippen molar-refractivity contribution in [2.45, 2.75) is 34.6 Å². The van der Waals surface area contributed by atoms with E-state index < -0.39 is 0 Å². The molecule has 1 N–H and O–H groups in total. The smallest absolute Gasteiger partial charge is 0.00423 e. The molecule has 1 heterocycles. The Labute approximate surface area is 81.2 Å². The van der Waals surface area contributed by atoms with Crippen molar-refractivity contribution in [1.29, 1.82) is 0 Å². The van der Waals surface area contributed by atoms with E-state index in [1.54, 1.807) is 0 Å². The van der Waals surface area contributed by atoms with Crippen LogP contribution < -0.4 is 5.32 Å². The molecule has 0 aliphatic carbocycles. The van der Waals surface area contributed by atoms with Gasteiger partial charge in [0.05, 0.1) is 0 Å². The summed E-state index contributed by atoms with van der Waals surface area (Å²) >= 11 is 0. The molecule has 0 atom stereocenters. The highest BCUT2D eigenvalue weighted by Crippen LogP contribution is 2.28. The van der Waals surface area contributed by atoms with E-state index in [-0.39, 0.29) is 5.41 Å². The predicted octanol–water partition coefficient (Wildman–Crippen LogP) is 3.37. The van der Waals surface area contributed by atoms with Crippen LogP contribution in [0.2, 0.25) is 0 Å². The summed E-state index contributed by atoms with van der Waals surface area (Å²) in [5, 5.41) is 3.21. The average molecular weight is 177 g/mol. The molecule has 72 valence electrons. The summed E-state index contributed by atoms with van der Waals surface area (Å²) in [7, 11) is 0. The van der Waals surface area contributed by atoms with Crippen LogP contribution in [0.1, 0.15) is 34.6 Å². The summed E-state index contributed by atoms with van der Waals surface area (Å²) < 4.78 is 0. The van der Waals surface area contributed by atoms with Gasteiger partial charge >= 0.3 is 0 Å². The van der Waals surface area contributed by atoms with Crippen LogP contribution in [0, 0.1) is 5.41 Å². The van der Waals surface area contributed by atoms with Crippen molar-refractivity contribution in [3.05, 3.63) is 35.2 Å². The quantitative estimate of drug-likeness (QED) is 0.598. The highest BCUT2D eigenvalue weighted by atomic mass is 14.8. The molecule has 1 aliphatic rings. The van der Waals surface area contributed by atoms with Gasteiger partial charge in [0.25, 0.3) is 0 Å². The second-order valence-electron chi connectivity index (χ2n) is 4.67. The lowest BCUT2D eigenvalue weighted by molar-refractivity contribution is 0.514. The molecule has 0 amide bonds. The summed E-state index contributed by atoms with van der Waals surface area (Å²) in [5.41, 5.74) is 4.20. The van der Waals surface area contributed by atoms with Crippen LogP contribution >= 0.6 is 0 Å². The molecule has 0 aromatic rings. The highest BCUT2D eigenvalue weighted by Gasteiger charge is 2.16. The minimum atomic E-state index is 0.215. The molecule has 0 radical (unpaired) electrons. The maximum atomic E-state index is 3.21. The van der Waals surface area contributed by atoms with E-state index in [2.05, 4.69) is 52.2 Å². The molecule has 0 aromatic carbocycles. The lowest BCUT2D eigenvalue weighted by Gasteiger charge is -2.20. The van der Waals surface area contributed by atoms with Crippen LogP contribution in [0.4, 0.5) is 0 Å². The Morgan fingerprint density at radius 3 is 2.15 bits per heavy atom. The van der Waals surface area contributed by atoms with Crippen LogP contribution in [0.3, 0.4) is 0 Å². The van der Waals surface area contributed by atoms with Crippen molar-refractivity contribution in [2.75, 3.05) is 0 Å². The SMILES string of the molecule is CC1=CNC=C(C(C)(C)C)C=C1C. The van der Waals surface area contributed by atoms with Gasteiger partial charge in [0.15, 0.2) is 0 Å². The molecular weight excluding hydrogens is 158 g/mol. The number of allylic oxidation sites excluding steroid dienone is 4. The third-order valence-corrected chi connectivity index (χ3v) is 2.40. The topological polar surface area (TPSA) is 12.0 Å². The third-order valence-electron chi connectivity index (χ3n) is 2.40. The molecule has 0 saturated carbocycles. The van der Waals surface area contributed by atoms with Crippen molar-refractivity contribution in [1.82, 2.24) is 5.32 Å². The lowest BCUT2D eigenvalue weighted by atomic mass is 9.86. The number of hydrogen-bond acceptors (Lipinski definition) is 1. The predicted molar refractivity (Wildman–Crippen MR) is 58.2 cm³/mol. The normalized spacial score (nSPS) is 18.1. The largest absolute Gasteiger partial charge is 0.367 e. The Morgan fingerprint density at radius 2 is 1.62 bits per heavy atom. The second-order valence-corrected chi connectivity index (χ2v) is 4.67. The fourth-order valence-corrected chi connectivity index (χ4v) is 1.19. The third kappa shape index (κ3) is 2.48. The molecular formula is C12H19N. The first kappa shape index (κ1) is 10.1. The fourth-order valence-electron chi connectivity index (χ4n) is 1.19. The molecule has 0 saturated heterocycles. The van der Waals surface area contributed by atoms with Gasteiger partial charge in [-0.3, -0.25) is 0 Å². The minimum absolute atomic E-state index is 0.215. The van der Waals surface area contributed by atoms with E-state index in [1.807, 2.05) is 6.20 Å². The number of rotatable bonds is 0. The Hall–Kier alpha value is -0.980. The summed E-state index contributed by atoms with van der Waals surface area (Å²) in [6.45, 7) is 11.0. The van der Waals surface area contributed by atoms with Crippen LogP contribution in [-0.4, -0.2) is 0 Å². The van der Waals surface area contributed by atoms with Crippen LogP contribution in [-0.2, 0) is 0 Å². The first-order chi connectivity index (χ1) is 5.91. The van der Waals surface area contributed by atoms with Gasteiger partial charge in [-0.2, -0.15) is 0 Å². The van der Waals surface area contributed by atoms with Crippen molar-refractivity contribution in [3.8, 4) is 0 Å². The average Bonchev–Trinajstić information content (AvgIpc) is 2.13. The van der Waals surface area contributed by atoms with Gasteiger partial charge in [-0.25, -0.2) is 0 Å². The molecule has 0 unspecified atom stereocenters. The van der Waals surface area contributed by atoms with E-state index in [4.69, 9.17) is 0 Å². The Bertz CT molecular complexity index is 285. The molecule has 0 aromatic heterocycles. The molecule has 0 spiro atoms. The van der Waals surface area contributed by atoms with E-state index >= 15 is 0 Å². The number of nitrogens with one attached hydrogen (secondary N) is 1.